The van der Waals surface area contributed by atoms with Crippen LogP contribution < -0.4 is 16.6 Å². The van der Waals surface area contributed by atoms with Gasteiger partial charge < -0.3 is 10.3 Å². The van der Waals surface area contributed by atoms with Crippen molar-refractivity contribution in [2.24, 2.45) is 0 Å². The van der Waals surface area contributed by atoms with Crippen LogP contribution in [0.15, 0.2) is 57.6 Å². The molecule has 6 nitrogen and oxygen atoms in total. The average molecular weight is 369 g/mol. The van der Waals surface area contributed by atoms with E-state index in [0.717, 1.165) is 15.0 Å². The van der Waals surface area contributed by atoms with Gasteiger partial charge in [0.1, 0.15) is 5.56 Å². The van der Waals surface area contributed by atoms with Crippen LogP contribution in [-0.2, 0) is 6.54 Å². The van der Waals surface area contributed by atoms with E-state index in [0.29, 0.717) is 5.69 Å². The minimum atomic E-state index is -0.610. The number of hydrogen-bond donors (Lipinski definition) is 2. The monoisotopic (exact) mass is 369 g/mol. The second-order valence-corrected chi connectivity index (χ2v) is 7.21. The molecule has 26 heavy (non-hydrogen) atoms. The molecule has 134 valence electrons. The van der Waals surface area contributed by atoms with Crippen LogP contribution >= 0.6 is 11.3 Å². The standard InChI is InChI=1S/C19H19N3O3S/c1-12(2)14-7-3-4-8-16(14)21-17(23)15-10-20-19(25)22(18(15)24)11-13-6-5-9-26-13/h3-10,12H,11H2,1-2H3,(H,20,25)(H,21,23). The van der Waals surface area contributed by atoms with Gasteiger partial charge in [0, 0.05) is 16.8 Å². The SMILES string of the molecule is CC(C)c1ccccc1NC(=O)c1c[nH]c(=O)n(Cc2cccs2)c1=O. The zero-order valence-electron chi connectivity index (χ0n) is 14.5. The fourth-order valence-electron chi connectivity index (χ4n) is 2.68. The zero-order chi connectivity index (χ0) is 18.7. The van der Waals surface area contributed by atoms with Crippen molar-refractivity contribution in [2.75, 3.05) is 5.32 Å². The van der Waals surface area contributed by atoms with Gasteiger partial charge >= 0.3 is 5.69 Å². The molecule has 2 aromatic heterocycles. The van der Waals surface area contributed by atoms with Crippen molar-refractivity contribution in [3.05, 3.63) is 84.8 Å². The minimum Gasteiger partial charge on any atom is -0.322 e. The Bertz CT molecular complexity index is 1030. The Balaban J connectivity index is 1.94. The Morgan fingerprint density at radius 1 is 1.19 bits per heavy atom. The van der Waals surface area contributed by atoms with Crippen LogP contribution in [0.1, 0.15) is 40.6 Å². The summed E-state index contributed by atoms with van der Waals surface area (Å²) in [7, 11) is 0. The van der Waals surface area contributed by atoms with E-state index >= 15 is 0 Å². The fourth-order valence-corrected chi connectivity index (χ4v) is 3.37. The topological polar surface area (TPSA) is 84.0 Å². The number of aromatic amines is 1. The third kappa shape index (κ3) is 3.67. The van der Waals surface area contributed by atoms with Crippen molar-refractivity contribution in [2.45, 2.75) is 26.3 Å². The number of rotatable bonds is 5. The molecule has 0 saturated carbocycles. The summed E-state index contributed by atoms with van der Waals surface area (Å²) >= 11 is 1.44. The summed E-state index contributed by atoms with van der Waals surface area (Å²) in [5.41, 5.74) is 0.385. The number of nitrogens with one attached hydrogen (secondary N) is 2. The Morgan fingerprint density at radius 2 is 1.96 bits per heavy atom. The number of amides is 1. The van der Waals surface area contributed by atoms with Gasteiger partial charge in [-0.25, -0.2) is 4.79 Å². The highest BCUT2D eigenvalue weighted by atomic mass is 32.1. The smallest absolute Gasteiger partial charge is 0.322 e. The highest BCUT2D eigenvalue weighted by Crippen LogP contribution is 2.23. The van der Waals surface area contributed by atoms with Crippen molar-refractivity contribution < 1.29 is 4.79 Å². The third-order valence-electron chi connectivity index (χ3n) is 4.03. The number of thiophene rings is 1. The molecule has 1 amide bonds. The maximum atomic E-state index is 12.7. The Kier molecular flexibility index (Phi) is 5.18. The largest absolute Gasteiger partial charge is 0.328 e. The van der Waals surface area contributed by atoms with Crippen molar-refractivity contribution in [1.82, 2.24) is 9.55 Å². The van der Waals surface area contributed by atoms with Crippen LogP contribution in [0, 0.1) is 0 Å². The third-order valence-corrected chi connectivity index (χ3v) is 4.89. The number of para-hydroxylation sites is 1. The molecule has 0 fully saturated rings. The van der Waals surface area contributed by atoms with Crippen LogP contribution in [0.25, 0.3) is 0 Å². The molecule has 0 bridgehead atoms. The Labute approximate surface area is 154 Å². The zero-order valence-corrected chi connectivity index (χ0v) is 15.3. The molecule has 0 radical (unpaired) electrons. The van der Waals surface area contributed by atoms with E-state index in [1.54, 1.807) is 6.07 Å². The van der Waals surface area contributed by atoms with Crippen LogP contribution in [0.2, 0.25) is 0 Å². The van der Waals surface area contributed by atoms with Crippen LogP contribution in [0.4, 0.5) is 5.69 Å². The van der Waals surface area contributed by atoms with Crippen molar-refractivity contribution in [1.29, 1.82) is 0 Å². The molecule has 3 rings (SSSR count). The lowest BCUT2D eigenvalue weighted by molar-refractivity contribution is 0.102. The summed E-state index contributed by atoms with van der Waals surface area (Å²) in [5, 5.41) is 4.65. The predicted octanol–water partition coefficient (Wildman–Crippen LogP) is 3.02. The Hall–Kier alpha value is -2.93. The van der Waals surface area contributed by atoms with Crippen molar-refractivity contribution >= 4 is 22.9 Å². The van der Waals surface area contributed by atoms with Crippen LogP contribution in [0.3, 0.4) is 0 Å². The van der Waals surface area contributed by atoms with Gasteiger partial charge in [0.05, 0.1) is 6.54 Å². The van der Waals surface area contributed by atoms with E-state index in [1.165, 1.54) is 17.5 Å². The first-order chi connectivity index (χ1) is 12.5. The van der Waals surface area contributed by atoms with Gasteiger partial charge in [0.15, 0.2) is 0 Å². The van der Waals surface area contributed by atoms with Gasteiger partial charge in [-0.15, -0.1) is 11.3 Å². The van der Waals surface area contributed by atoms with Gasteiger partial charge in [-0.1, -0.05) is 38.1 Å². The maximum Gasteiger partial charge on any atom is 0.328 e. The van der Waals surface area contributed by atoms with E-state index in [4.69, 9.17) is 0 Å². The maximum absolute atomic E-state index is 12.7. The molecular formula is C19H19N3O3S. The molecule has 0 aliphatic heterocycles. The second kappa shape index (κ2) is 7.53. The van der Waals surface area contributed by atoms with Gasteiger partial charge in [0.25, 0.3) is 11.5 Å². The molecule has 0 aliphatic carbocycles. The summed E-state index contributed by atoms with van der Waals surface area (Å²) in [6.07, 6.45) is 1.17. The van der Waals surface area contributed by atoms with E-state index in [9.17, 15) is 14.4 Å². The van der Waals surface area contributed by atoms with E-state index in [-0.39, 0.29) is 18.0 Å². The van der Waals surface area contributed by atoms with Gasteiger partial charge in [-0.2, -0.15) is 0 Å². The number of H-pyrrole nitrogens is 1. The first kappa shape index (κ1) is 17.9. The number of benzene rings is 1. The lowest BCUT2D eigenvalue weighted by Crippen LogP contribution is -2.39. The first-order valence-electron chi connectivity index (χ1n) is 8.22. The summed E-state index contributed by atoms with van der Waals surface area (Å²) in [4.78, 5) is 40.6. The number of nitrogens with zero attached hydrogens (tertiary/aromatic N) is 1. The summed E-state index contributed by atoms with van der Waals surface area (Å²) in [6.45, 7) is 4.19. The Morgan fingerprint density at radius 3 is 2.65 bits per heavy atom. The molecule has 0 atom stereocenters. The molecule has 3 aromatic rings. The number of carbonyl (C=O) groups excluding carboxylic acids is 1. The minimum absolute atomic E-state index is 0.0975. The molecule has 1 aromatic carbocycles. The average Bonchev–Trinajstić information content (AvgIpc) is 3.12. The quantitative estimate of drug-likeness (QED) is 0.725. The molecule has 7 heteroatoms. The lowest BCUT2D eigenvalue weighted by atomic mass is 10.0. The summed E-state index contributed by atoms with van der Waals surface area (Å²) in [6, 6.07) is 11.1. The van der Waals surface area contributed by atoms with Gasteiger partial charge in [-0.3, -0.25) is 14.2 Å². The number of aromatic nitrogens is 2. The molecule has 0 spiro atoms. The number of hydrogen-bond acceptors (Lipinski definition) is 4. The molecule has 2 N–H and O–H groups in total. The number of anilines is 1. The summed E-state index contributed by atoms with van der Waals surface area (Å²) in [5.74, 6) is -0.322. The summed E-state index contributed by atoms with van der Waals surface area (Å²) < 4.78 is 1.04. The molecular weight excluding hydrogens is 350 g/mol. The molecule has 0 unspecified atom stereocenters. The second-order valence-electron chi connectivity index (χ2n) is 6.17. The van der Waals surface area contributed by atoms with E-state index in [2.05, 4.69) is 10.3 Å². The highest BCUT2D eigenvalue weighted by molar-refractivity contribution is 7.09. The number of carbonyl (C=O) groups is 1. The van der Waals surface area contributed by atoms with Crippen LogP contribution in [-0.4, -0.2) is 15.5 Å². The van der Waals surface area contributed by atoms with Gasteiger partial charge in [-0.05, 0) is 29.0 Å². The highest BCUT2D eigenvalue weighted by Gasteiger charge is 2.17. The molecule has 0 saturated heterocycles. The molecule has 2 heterocycles. The van der Waals surface area contributed by atoms with E-state index in [1.807, 2.05) is 49.6 Å². The normalized spacial score (nSPS) is 10.9. The predicted molar refractivity (Wildman–Crippen MR) is 103 cm³/mol. The molecule has 0 aliphatic rings. The van der Waals surface area contributed by atoms with Crippen LogP contribution in [0.5, 0.6) is 0 Å². The van der Waals surface area contributed by atoms with Gasteiger partial charge in [0.2, 0.25) is 0 Å². The first-order valence-corrected chi connectivity index (χ1v) is 9.10. The van der Waals surface area contributed by atoms with Crippen molar-refractivity contribution in [3.8, 4) is 0 Å². The van der Waals surface area contributed by atoms with Crippen molar-refractivity contribution in [3.63, 3.8) is 0 Å². The fraction of sp³-hybridized carbons (Fsp3) is 0.211. The van der Waals surface area contributed by atoms with E-state index < -0.39 is 17.2 Å². The lowest BCUT2D eigenvalue weighted by Gasteiger charge is -2.13.